The Morgan fingerprint density at radius 2 is 1.76 bits per heavy atom. The molecule has 0 unspecified atom stereocenters. The number of amides is 2. The van der Waals surface area contributed by atoms with Crippen molar-refractivity contribution in [3.05, 3.63) is 54.1 Å². The maximum absolute atomic E-state index is 13.6. The number of nitrogens with zero attached hydrogens (tertiary/aromatic N) is 2. The van der Waals surface area contributed by atoms with Gasteiger partial charge in [-0.25, -0.2) is 8.42 Å². The molecule has 0 saturated heterocycles. The van der Waals surface area contributed by atoms with E-state index in [4.69, 9.17) is 9.47 Å². The largest absolute Gasteiger partial charge is 0.454 e. The summed E-state index contributed by atoms with van der Waals surface area (Å²) in [6, 6.07) is 14.1. The lowest BCUT2D eigenvalue weighted by Crippen LogP contribution is -2.51. The number of nitrogens with one attached hydrogen (secondary N) is 1. The van der Waals surface area contributed by atoms with Gasteiger partial charge in [0.25, 0.3) is 0 Å². The van der Waals surface area contributed by atoms with Crippen LogP contribution < -0.4 is 19.1 Å². The second kappa shape index (κ2) is 12.5. The molecular weight excluding hydrogens is 506 g/mol. The van der Waals surface area contributed by atoms with Gasteiger partial charge in [-0.05, 0) is 43.4 Å². The van der Waals surface area contributed by atoms with Crippen LogP contribution in [-0.2, 0) is 26.2 Å². The molecular formula is C28H37N3O6S. The first-order valence-corrected chi connectivity index (χ1v) is 15.1. The summed E-state index contributed by atoms with van der Waals surface area (Å²) in [5.74, 6) is 0.749. The Hall–Kier alpha value is -3.27. The maximum Gasteiger partial charge on any atom is 0.243 e. The van der Waals surface area contributed by atoms with Gasteiger partial charge in [-0.15, -0.1) is 0 Å². The van der Waals surface area contributed by atoms with Gasteiger partial charge in [0, 0.05) is 31.6 Å². The van der Waals surface area contributed by atoms with E-state index in [0.29, 0.717) is 36.6 Å². The fourth-order valence-corrected chi connectivity index (χ4v) is 6.07. The third-order valence-electron chi connectivity index (χ3n) is 7.08. The number of hydrogen-bond donors (Lipinski definition) is 1. The van der Waals surface area contributed by atoms with Crippen LogP contribution in [0.5, 0.6) is 11.5 Å². The van der Waals surface area contributed by atoms with Gasteiger partial charge in [-0.1, -0.05) is 50.1 Å². The molecule has 2 aliphatic rings. The van der Waals surface area contributed by atoms with Crippen molar-refractivity contribution in [2.24, 2.45) is 0 Å². The number of hydrogen-bond acceptors (Lipinski definition) is 6. The Labute approximate surface area is 225 Å². The number of anilines is 1. The quantitative estimate of drug-likeness (QED) is 0.436. The molecule has 1 fully saturated rings. The van der Waals surface area contributed by atoms with Crippen molar-refractivity contribution >= 4 is 27.5 Å². The van der Waals surface area contributed by atoms with Gasteiger partial charge in [0.1, 0.15) is 6.04 Å². The first-order chi connectivity index (χ1) is 18.3. The molecule has 2 amide bonds. The SMILES string of the molecule is CC[C@@H](C(=O)NC1CCCC1)N(Cc1ccccc1)C(=O)CCCN(c1ccc2c(c1)OCO2)S(C)(=O)=O. The molecule has 0 aromatic heterocycles. The Bertz CT molecular complexity index is 1210. The van der Waals surface area contributed by atoms with Crippen LogP contribution in [0, 0.1) is 0 Å². The van der Waals surface area contributed by atoms with Crippen LogP contribution >= 0.6 is 0 Å². The van der Waals surface area contributed by atoms with E-state index in [1.807, 2.05) is 37.3 Å². The van der Waals surface area contributed by atoms with Crippen LogP contribution in [0.25, 0.3) is 0 Å². The minimum absolute atomic E-state index is 0.0936. The summed E-state index contributed by atoms with van der Waals surface area (Å²) in [7, 11) is -3.60. The number of rotatable bonds is 12. The van der Waals surface area contributed by atoms with Gasteiger partial charge < -0.3 is 19.7 Å². The highest BCUT2D eigenvalue weighted by atomic mass is 32.2. The lowest BCUT2D eigenvalue weighted by atomic mass is 10.1. The molecule has 1 aliphatic heterocycles. The Kier molecular flexibility index (Phi) is 9.14. The smallest absolute Gasteiger partial charge is 0.243 e. The van der Waals surface area contributed by atoms with E-state index in [2.05, 4.69) is 5.32 Å². The van der Waals surface area contributed by atoms with Crippen molar-refractivity contribution in [1.29, 1.82) is 0 Å². The predicted octanol–water partition coefficient (Wildman–Crippen LogP) is 3.83. The van der Waals surface area contributed by atoms with Crippen LogP contribution in [0.15, 0.2) is 48.5 Å². The lowest BCUT2D eigenvalue weighted by Gasteiger charge is -2.32. The lowest BCUT2D eigenvalue weighted by molar-refractivity contribution is -0.141. The van der Waals surface area contributed by atoms with Crippen LogP contribution in [-0.4, -0.2) is 56.8 Å². The zero-order chi connectivity index (χ0) is 27.1. The minimum atomic E-state index is -3.60. The maximum atomic E-state index is 13.6. The first-order valence-electron chi connectivity index (χ1n) is 13.3. The number of sulfonamides is 1. The predicted molar refractivity (Wildman–Crippen MR) is 145 cm³/mol. The van der Waals surface area contributed by atoms with E-state index in [1.165, 1.54) is 4.31 Å². The summed E-state index contributed by atoms with van der Waals surface area (Å²) in [4.78, 5) is 28.4. The molecule has 10 heteroatoms. The summed E-state index contributed by atoms with van der Waals surface area (Å²) in [6.45, 7) is 2.44. The van der Waals surface area contributed by atoms with Crippen LogP contribution in [0.4, 0.5) is 5.69 Å². The van der Waals surface area contributed by atoms with E-state index in [0.717, 1.165) is 37.5 Å². The van der Waals surface area contributed by atoms with E-state index >= 15 is 0 Å². The number of carbonyl (C=O) groups excluding carboxylic acids is 2. The van der Waals surface area contributed by atoms with Crippen LogP contribution in [0.3, 0.4) is 0 Å². The molecule has 0 radical (unpaired) electrons. The van der Waals surface area contributed by atoms with Crippen molar-refractivity contribution in [3.8, 4) is 11.5 Å². The average Bonchev–Trinajstić information content (AvgIpc) is 3.58. The number of carbonyl (C=O) groups is 2. The molecule has 206 valence electrons. The molecule has 9 nitrogen and oxygen atoms in total. The van der Waals surface area contributed by atoms with Crippen molar-refractivity contribution in [2.75, 3.05) is 23.9 Å². The van der Waals surface area contributed by atoms with E-state index in [9.17, 15) is 18.0 Å². The number of benzene rings is 2. The van der Waals surface area contributed by atoms with Gasteiger partial charge in [0.15, 0.2) is 11.5 Å². The highest BCUT2D eigenvalue weighted by molar-refractivity contribution is 7.92. The Morgan fingerprint density at radius 1 is 1.05 bits per heavy atom. The standard InChI is InChI=1S/C28H37N3O6S/c1-3-24(28(33)29-22-12-7-8-13-22)30(19-21-10-5-4-6-11-21)27(32)14-9-17-31(38(2,34)35)23-15-16-25-26(18-23)37-20-36-25/h4-6,10-11,15-16,18,22,24H,3,7-9,12-14,17,19-20H2,1-2H3,(H,29,33)/t24-/m0/s1. The molecule has 4 rings (SSSR count). The van der Waals surface area contributed by atoms with Crippen molar-refractivity contribution in [1.82, 2.24) is 10.2 Å². The molecule has 0 bridgehead atoms. The third-order valence-corrected chi connectivity index (χ3v) is 8.27. The monoisotopic (exact) mass is 543 g/mol. The highest BCUT2D eigenvalue weighted by Gasteiger charge is 2.31. The molecule has 1 atom stereocenters. The first kappa shape index (κ1) is 27.8. The molecule has 1 N–H and O–H groups in total. The van der Waals surface area contributed by atoms with Crippen LogP contribution in [0.2, 0.25) is 0 Å². The number of fused-ring (bicyclic) bond motifs is 1. The van der Waals surface area contributed by atoms with Gasteiger partial charge >= 0.3 is 0 Å². The van der Waals surface area contributed by atoms with Gasteiger partial charge in [-0.2, -0.15) is 0 Å². The molecule has 0 spiro atoms. The third kappa shape index (κ3) is 6.98. The minimum Gasteiger partial charge on any atom is -0.454 e. The average molecular weight is 544 g/mol. The Morgan fingerprint density at radius 3 is 2.45 bits per heavy atom. The summed E-state index contributed by atoms with van der Waals surface area (Å²) in [6.07, 6.45) is 6.18. The van der Waals surface area contributed by atoms with Crippen molar-refractivity contribution in [2.45, 2.75) is 70.5 Å². The fourth-order valence-electron chi connectivity index (χ4n) is 5.11. The second-order valence-electron chi connectivity index (χ2n) is 9.90. The Balaban J connectivity index is 1.46. The van der Waals surface area contributed by atoms with Crippen molar-refractivity contribution in [3.63, 3.8) is 0 Å². The normalized spacial score (nSPS) is 15.7. The molecule has 1 heterocycles. The van der Waals surface area contributed by atoms with E-state index < -0.39 is 16.1 Å². The van der Waals surface area contributed by atoms with Gasteiger partial charge in [0.05, 0.1) is 11.9 Å². The second-order valence-corrected chi connectivity index (χ2v) is 11.8. The topological polar surface area (TPSA) is 105 Å². The zero-order valence-electron chi connectivity index (χ0n) is 22.1. The summed E-state index contributed by atoms with van der Waals surface area (Å²) < 4.78 is 37.2. The van der Waals surface area contributed by atoms with E-state index in [1.54, 1.807) is 23.1 Å². The van der Waals surface area contributed by atoms with Crippen LogP contribution in [0.1, 0.15) is 57.4 Å². The zero-order valence-corrected chi connectivity index (χ0v) is 22.9. The molecule has 2 aromatic rings. The summed E-state index contributed by atoms with van der Waals surface area (Å²) in [5, 5.41) is 3.14. The summed E-state index contributed by atoms with van der Waals surface area (Å²) >= 11 is 0. The molecule has 1 aliphatic carbocycles. The fraction of sp³-hybridized carbons (Fsp3) is 0.500. The van der Waals surface area contributed by atoms with Crippen molar-refractivity contribution < 1.29 is 27.5 Å². The highest BCUT2D eigenvalue weighted by Crippen LogP contribution is 2.36. The molecule has 38 heavy (non-hydrogen) atoms. The molecule has 2 aromatic carbocycles. The van der Waals surface area contributed by atoms with Gasteiger partial charge in [0.2, 0.25) is 28.6 Å². The summed E-state index contributed by atoms with van der Waals surface area (Å²) in [5.41, 5.74) is 1.39. The number of ether oxygens (including phenoxy) is 2. The van der Waals surface area contributed by atoms with Gasteiger partial charge in [-0.3, -0.25) is 13.9 Å². The van der Waals surface area contributed by atoms with E-state index in [-0.39, 0.29) is 37.6 Å². The molecule has 1 saturated carbocycles.